The molecule has 108 valence electrons. The third-order valence-corrected chi connectivity index (χ3v) is 3.30. The average molecular weight is 266 g/mol. The molecule has 0 amide bonds. The van der Waals surface area contributed by atoms with Gasteiger partial charge in [0.1, 0.15) is 0 Å². The third kappa shape index (κ3) is 4.39. The lowest BCUT2D eigenvalue weighted by Gasteiger charge is -2.20. The first-order valence-electron chi connectivity index (χ1n) is 7.04. The van der Waals surface area contributed by atoms with Gasteiger partial charge in [-0.1, -0.05) is 26.2 Å². The SMILES string of the molecule is CCCCCCn1c(C)cc(=O)c(O)c1CN(C)C. The largest absolute Gasteiger partial charge is 0.503 e. The number of hydrogen-bond acceptors (Lipinski definition) is 3. The van der Waals surface area contributed by atoms with Crippen molar-refractivity contribution in [3.8, 4) is 5.75 Å². The van der Waals surface area contributed by atoms with E-state index in [1.54, 1.807) is 0 Å². The second-order valence-electron chi connectivity index (χ2n) is 5.40. The summed E-state index contributed by atoms with van der Waals surface area (Å²) in [5.74, 6) is -0.102. The Bertz CT molecular complexity index is 464. The smallest absolute Gasteiger partial charge is 0.223 e. The molecule has 1 aromatic heterocycles. The standard InChI is InChI=1S/C15H26N2O2/c1-5-6-7-8-9-17-12(2)10-14(18)15(19)13(17)11-16(3)4/h10,19H,5-9,11H2,1-4H3. The fraction of sp³-hybridized carbons (Fsp3) is 0.667. The summed E-state index contributed by atoms with van der Waals surface area (Å²) in [5.41, 5.74) is 1.38. The Hall–Kier alpha value is -1.29. The van der Waals surface area contributed by atoms with Crippen LogP contribution in [0.5, 0.6) is 5.75 Å². The van der Waals surface area contributed by atoms with Crippen LogP contribution < -0.4 is 5.43 Å². The fourth-order valence-corrected chi connectivity index (χ4v) is 2.29. The summed E-state index contributed by atoms with van der Waals surface area (Å²) in [7, 11) is 3.88. The van der Waals surface area contributed by atoms with Gasteiger partial charge in [-0.15, -0.1) is 0 Å². The van der Waals surface area contributed by atoms with Gasteiger partial charge in [-0.2, -0.15) is 0 Å². The van der Waals surface area contributed by atoms with Gasteiger partial charge >= 0.3 is 0 Å². The number of pyridine rings is 1. The van der Waals surface area contributed by atoms with Crippen molar-refractivity contribution in [2.45, 2.75) is 52.6 Å². The van der Waals surface area contributed by atoms with Gasteiger partial charge in [0, 0.05) is 24.8 Å². The molecule has 0 saturated carbocycles. The summed E-state index contributed by atoms with van der Waals surface area (Å²) < 4.78 is 2.08. The van der Waals surface area contributed by atoms with Crippen LogP contribution in [0.2, 0.25) is 0 Å². The van der Waals surface area contributed by atoms with E-state index in [-0.39, 0.29) is 11.2 Å². The second-order valence-corrected chi connectivity index (χ2v) is 5.40. The first-order valence-corrected chi connectivity index (χ1v) is 7.04. The minimum Gasteiger partial charge on any atom is -0.503 e. The molecule has 1 aromatic rings. The summed E-state index contributed by atoms with van der Waals surface area (Å²) in [6.07, 6.45) is 4.70. The van der Waals surface area contributed by atoms with E-state index in [1.165, 1.54) is 25.3 Å². The first-order chi connectivity index (χ1) is 8.97. The van der Waals surface area contributed by atoms with Crippen LogP contribution in [0.1, 0.15) is 44.0 Å². The molecular weight excluding hydrogens is 240 g/mol. The maximum absolute atomic E-state index is 11.7. The highest BCUT2D eigenvalue weighted by Gasteiger charge is 2.13. The molecule has 4 heteroatoms. The van der Waals surface area contributed by atoms with Crippen LogP contribution in [0, 0.1) is 6.92 Å². The van der Waals surface area contributed by atoms with Crippen molar-refractivity contribution < 1.29 is 5.11 Å². The highest BCUT2D eigenvalue weighted by Crippen LogP contribution is 2.17. The van der Waals surface area contributed by atoms with Gasteiger partial charge < -0.3 is 14.6 Å². The molecule has 0 radical (unpaired) electrons. The van der Waals surface area contributed by atoms with Crippen LogP contribution >= 0.6 is 0 Å². The van der Waals surface area contributed by atoms with E-state index >= 15 is 0 Å². The number of hydrogen-bond donors (Lipinski definition) is 1. The lowest BCUT2D eigenvalue weighted by atomic mass is 10.2. The quantitative estimate of drug-likeness (QED) is 0.771. The second kappa shape index (κ2) is 7.34. The Balaban J connectivity index is 2.99. The van der Waals surface area contributed by atoms with Crippen LogP contribution in [-0.2, 0) is 13.1 Å². The predicted octanol–water partition coefficient (Wildman–Crippen LogP) is 2.50. The van der Waals surface area contributed by atoms with E-state index in [9.17, 15) is 9.90 Å². The minimum atomic E-state index is -0.279. The average Bonchev–Trinajstić information content (AvgIpc) is 2.33. The molecule has 0 aliphatic rings. The Morgan fingerprint density at radius 2 is 1.95 bits per heavy atom. The number of nitrogens with zero attached hydrogens (tertiary/aromatic N) is 2. The van der Waals surface area contributed by atoms with Crippen molar-refractivity contribution in [1.29, 1.82) is 0 Å². The zero-order valence-corrected chi connectivity index (χ0v) is 12.6. The lowest BCUT2D eigenvalue weighted by Crippen LogP contribution is -2.22. The van der Waals surface area contributed by atoms with Crippen molar-refractivity contribution in [3.63, 3.8) is 0 Å². The van der Waals surface area contributed by atoms with E-state index in [1.807, 2.05) is 25.9 Å². The molecule has 0 aromatic carbocycles. The number of aromatic nitrogens is 1. The molecule has 0 aliphatic heterocycles. The Kier molecular flexibility index (Phi) is 6.09. The van der Waals surface area contributed by atoms with E-state index in [0.29, 0.717) is 6.54 Å². The van der Waals surface area contributed by atoms with Gasteiger partial charge in [-0.05, 0) is 27.4 Å². The van der Waals surface area contributed by atoms with E-state index in [0.717, 1.165) is 24.4 Å². The molecule has 1 N–H and O–H groups in total. The van der Waals surface area contributed by atoms with Gasteiger partial charge in [0.15, 0.2) is 5.75 Å². The maximum Gasteiger partial charge on any atom is 0.223 e. The monoisotopic (exact) mass is 266 g/mol. The van der Waals surface area contributed by atoms with Crippen LogP contribution in [0.3, 0.4) is 0 Å². The molecule has 0 atom stereocenters. The van der Waals surface area contributed by atoms with E-state index in [4.69, 9.17) is 0 Å². The number of rotatable bonds is 7. The molecule has 4 nitrogen and oxygen atoms in total. The Labute approximate surface area is 115 Å². The minimum absolute atomic E-state index is 0.102. The van der Waals surface area contributed by atoms with Crippen LogP contribution in [0.25, 0.3) is 0 Å². The van der Waals surface area contributed by atoms with Crippen molar-refractivity contribution >= 4 is 0 Å². The molecule has 0 aliphatic carbocycles. The summed E-state index contributed by atoms with van der Waals surface area (Å²) in [5, 5.41) is 9.99. The molecule has 1 rings (SSSR count). The maximum atomic E-state index is 11.7. The molecule has 0 spiro atoms. The van der Waals surface area contributed by atoms with Crippen molar-refractivity contribution in [1.82, 2.24) is 9.47 Å². The van der Waals surface area contributed by atoms with E-state index < -0.39 is 0 Å². The fourth-order valence-electron chi connectivity index (χ4n) is 2.29. The normalized spacial score (nSPS) is 11.2. The molecule has 1 heterocycles. The van der Waals surface area contributed by atoms with Gasteiger partial charge in [0.2, 0.25) is 5.43 Å². The van der Waals surface area contributed by atoms with Crippen molar-refractivity contribution in [2.24, 2.45) is 0 Å². The van der Waals surface area contributed by atoms with Gasteiger partial charge in [-0.25, -0.2) is 0 Å². The van der Waals surface area contributed by atoms with Crippen LogP contribution in [0.15, 0.2) is 10.9 Å². The summed E-state index contributed by atoms with van der Waals surface area (Å²) in [4.78, 5) is 13.7. The predicted molar refractivity (Wildman–Crippen MR) is 78.6 cm³/mol. The number of unbranched alkanes of at least 4 members (excludes halogenated alkanes) is 3. The number of aryl methyl sites for hydroxylation is 1. The summed E-state index contributed by atoms with van der Waals surface area (Å²) >= 11 is 0. The third-order valence-electron chi connectivity index (χ3n) is 3.30. The Morgan fingerprint density at radius 3 is 2.53 bits per heavy atom. The van der Waals surface area contributed by atoms with Crippen LogP contribution in [-0.4, -0.2) is 28.7 Å². The highest BCUT2D eigenvalue weighted by molar-refractivity contribution is 5.29. The zero-order chi connectivity index (χ0) is 14.4. The topological polar surface area (TPSA) is 45.5 Å². The molecule has 19 heavy (non-hydrogen) atoms. The van der Waals surface area contributed by atoms with E-state index in [2.05, 4.69) is 11.5 Å². The summed E-state index contributed by atoms with van der Waals surface area (Å²) in [6.45, 7) is 5.56. The lowest BCUT2D eigenvalue weighted by molar-refractivity contribution is 0.359. The molecule has 0 saturated heterocycles. The molecular formula is C15H26N2O2. The van der Waals surface area contributed by atoms with Gasteiger partial charge in [0.25, 0.3) is 0 Å². The first kappa shape index (κ1) is 15.8. The molecule has 0 unspecified atom stereocenters. The Morgan fingerprint density at radius 1 is 1.26 bits per heavy atom. The van der Waals surface area contributed by atoms with Gasteiger partial charge in [0.05, 0.1) is 5.69 Å². The molecule has 0 fully saturated rings. The van der Waals surface area contributed by atoms with Crippen LogP contribution in [0.4, 0.5) is 0 Å². The number of aromatic hydroxyl groups is 1. The van der Waals surface area contributed by atoms with Gasteiger partial charge in [-0.3, -0.25) is 4.79 Å². The van der Waals surface area contributed by atoms with Crippen molar-refractivity contribution in [3.05, 3.63) is 27.7 Å². The highest BCUT2D eigenvalue weighted by atomic mass is 16.3. The summed E-state index contributed by atoms with van der Waals surface area (Å²) in [6, 6.07) is 1.52. The molecule has 0 bridgehead atoms. The zero-order valence-electron chi connectivity index (χ0n) is 12.6. The van der Waals surface area contributed by atoms with Crippen molar-refractivity contribution in [2.75, 3.05) is 14.1 Å².